The van der Waals surface area contributed by atoms with E-state index in [1.165, 1.54) is 47.4 Å². The van der Waals surface area contributed by atoms with Gasteiger partial charge in [0.2, 0.25) is 11.0 Å². The molecule has 1 aromatic carbocycles. The Morgan fingerprint density at radius 3 is 2.71 bits per heavy atom. The molecule has 1 atom stereocenters. The van der Waals surface area contributed by atoms with E-state index < -0.39 is 4.92 Å². The third-order valence-electron chi connectivity index (χ3n) is 3.30. The van der Waals surface area contributed by atoms with Crippen LogP contribution in [0.15, 0.2) is 28.6 Å². The van der Waals surface area contributed by atoms with Crippen LogP contribution in [0.25, 0.3) is 0 Å². The van der Waals surface area contributed by atoms with E-state index in [1.54, 1.807) is 6.92 Å². The lowest BCUT2D eigenvalue weighted by Gasteiger charge is -2.10. The summed E-state index contributed by atoms with van der Waals surface area (Å²) in [5.74, 6) is -0.194. The van der Waals surface area contributed by atoms with Gasteiger partial charge >= 0.3 is 0 Å². The number of anilines is 2. The number of non-ortho nitro benzene ring substituents is 1. The van der Waals surface area contributed by atoms with E-state index in [2.05, 4.69) is 20.8 Å². The smallest absolute Gasteiger partial charge is 0.269 e. The highest BCUT2D eigenvalue weighted by Gasteiger charge is 2.23. The molecule has 1 heterocycles. The van der Waals surface area contributed by atoms with Crippen molar-refractivity contribution in [2.45, 2.75) is 35.4 Å². The quantitative estimate of drug-likeness (QED) is 0.440. The van der Waals surface area contributed by atoms with Crippen LogP contribution in [0.3, 0.4) is 0 Å². The van der Waals surface area contributed by atoms with Crippen molar-refractivity contribution < 1.29 is 9.72 Å². The van der Waals surface area contributed by atoms with Crippen molar-refractivity contribution in [3.05, 3.63) is 34.4 Å². The van der Waals surface area contributed by atoms with E-state index in [4.69, 9.17) is 0 Å². The molecule has 0 radical (unpaired) electrons. The summed E-state index contributed by atoms with van der Waals surface area (Å²) in [6.45, 7) is 1.78. The Labute approximate surface area is 146 Å². The van der Waals surface area contributed by atoms with E-state index >= 15 is 0 Å². The number of hydrogen-bond donors (Lipinski definition) is 2. The molecule has 1 unspecified atom stereocenters. The molecule has 0 saturated heterocycles. The molecule has 1 saturated carbocycles. The van der Waals surface area contributed by atoms with Crippen molar-refractivity contribution in [1.29, 1.82) is 0 Å². The molecule has 8 nitrogen and oxygen atoms in total. The van der Waals surface area contributed by atoms with Crippen molar-refractivity contribution in [1.82, 2.24) is 10.2 Å². The van der Waals surface area contributed by atoms with E-state index in [0.29, 0.717) is 11.7 Å². The molecule has 0 aliphatic heterocycles. The summed E-state index contributed by atoms with van der Waals surface area (Å²) in [4.78, 5) is 22.3. The fourth-order valence-electron chi connectivity index (χ4n) is 1.83. The lowest BCUT2D eigenvalue weighted by molar-refractivity contribution is -0.384. The summed E-state index contributed by atoms with van der Waals surface area (Å²) in [6.07, 6.45) is 2.33. The van der Waals surface area contributed by atoms with Crippen LogP contribution in [0, 0.1) is 10.1 Å². The van der Waals surface area contributed by atoms with Crippen LogP contribution in [0.1, 0.15) is 19.8 Å². The number of carbonyl (C=O) groups excluding carboxylic acids is 1. The van der Waals surface area contributed by atoms with Crippen LogP contribution >= 0.6 is 23.1 Å². The number of amides is 1. The fourth-order valence-corrected chi connectivity index (χ4v) is 3.81. The third kappa shape index (κ3) is 4.42. The maximum Gasteiger partial charge on any atom is 0.269 e. The molecule has 2 N–H and O–H groups in total. The molecule has 0 bridgehead atoms. The maximum atomic E-state index is 12.2. The lowest BCUT2D eigenvalue weighted by atomic mass is 10.3. The molecule has 1 amide bonds. The number of nitrogens with zero attached hydrogens (tertiary/aromatic N) is 3. The predicted molar refractivity (Wildman–Crippen MR) is 93.6 cm³/mol. The molecular weight excluding hydrogens is 350 g/mol. The monoisotopic (exact) mass is 365 g/mol. The summed E-state index contributed by atoms with van der Waals surface area (Å²) in [5.41, 5.74) is 0.506. The standard InChI is InChI=1S/C14H15N5O3S2/c1-8(23-14-18-17-13(24-14)16-10-2-3-10)12(20)15-9-4-6-11(7-5-9)19(21)22/h4-8,10H,2-3H2,1H3,(H,15,20)(H,16,17). The van der Waals surface area contributed by atoms with E-state index in [-0.39, 0.29) is 16.8 Å². The van der Waals surface area contributed by atoms with Gasteiger partial charge in [0, 0.05) is 23.9 Å². The summed E-state index contributed by atoms with van der Waals surface area (Å²) >= 11 is 2.77. The third-order valence-corrected chi connectivity index (χ3v) is 5.34. The Hall–Kier alpha value is -2.20. The molecule has 10 heteroatoms. The second kappa shape index (κ2) is 7.14. The number of nitro benzene ring substituents is 1. The number of rotatable bonds is 7. The molecular formula is C14H15N5O3S2. The van der Waals surface area contributed by atoms with Crippen LogP contribution in [-0.4, -0.2) is 32.3 Å². The molecule has 1 aliphatic carbocycles. The highest BCUT2D eigenvalue weighted by atomic mass is 32.2. The number of aromatic nitrogens is 2. The number of nitro groups is 1. The largest absolute Gasteiger partial charge is 0.357 e. The van der Waals surface area contributed by atoms with Gasteiger partial charge in [-0.2, -0.15) is 0 Å². The highest BCUT2D eigenvalue weighted by Crippen LogP contribution is 2.32. The normalized spacial score (nSPS) is 14.9. The maximum absolute atomic E-state index is 12.2. The first-order valence-corrected chi connectivity index (χ1v) is 9.03. The van der Waals surface area contributed by atoms with Crippen molar-refractivity contribution in [3.63, 3.8) is 0 Å². The highest BCUT2D eigenvalue weighted by molar-refractivity contribution is 8.02. The number of carbonyl (C=O) groups is 1. The van der Waals surface area contributed by atoms with Gasteiger partial charge in [-0.25, -0.2) is 0 Å². The van der Waals surface area contributed by atoms with Crippen LogP contribution in [-0.2, 0) is 4.79 Å². The minimum Gasteiger partial charge on any atom is -0.357 e. The van der Waals surface area contributed by atoms with Gasteiger partial charge in [-0.3, -0.25) is 14.9 Å². The number of nitrogens with one attached hydrogen (secondary N) is 2. The lowest BCUT2D eigenvalue weighted by Crippen LogP contribution is -2.22. The Kier molecular flexibility index (Phi) is 4.95. The number of hydrogen-bond acceptors (Lipinski definition) is 8. The molecule has 1 fully saturated rings. The first kappa shape index (κ1) is 16.7. The van der Waals surface area contributed by atoms with Gasteiger partial charge in [0.05, 0.1) is 10.2 Å². The van der Waals surface area contributed by atoms with Crippen molar-refractivity contribution in [3.8, 4) is 0 Å². The average Bonchev–Trinajstić information content (AvgIpc) is 3.26. The minimum atomic E-state index is -0.479. The van der Waals surface area contributed by atoms with Gasteiger partial charge in [-0.15, -0.1) is 10.2 Å². The first-order valence-electron chi connectivity index (χ1n) is 7.33. The number of benzene rings is 1. The molecule has 126 valence electrons. The van der Waals surface area contributed by atoms with Crippen LogP contribution in [0.4, 0.5) is 16.5 Å². The van der Waals surface area contributed by atoms with Gasteiger partial charge in [0.1, 0.15) is 0 Å². The van der Waals surface area contributed by atoms with Gasteiger partial charge in [-0.05, 0) is 31.9 Å². The Morgan fingerprint density at radius 1 is 1.38 bits per heavy atom. The topological polar surface area (TPSA) is 110 Å². The summed E-state index contributed by atoms with van der Waals surface area (Å²) < 4.78 is 0.726. The van der Waals surface area contributed by atoms with Crippen LogP contribution < -0.4 is 10.6 Å². The second-order valence-corrected chi connectivity index (χ2v) is 7.91. The fraction of sp³-hybridized carbons (Fsp3) is 0.357. The van der Waals surface area contributed by atoms with E-state index in [9.17, 15) is 14.9 Å². The van der Waals surface area contributed by atoms with Gasteiger partial charge in [0.15, 0.2) is 4.34 Å². The SMILES string of the molecule is CC(Sc1nnc(NC2CC2)s1)C(=O)Nc1ccc([N+](=O)[O-])cc1. The van der Waals surface area contributed by atoms with Gasteiger partial charge in [-0.1, -0.05) is 23.1 Å². The van der Waals surface area contributed by atoms with Crippen molar-refractivity contribution in [2.75, 3.05) is 10.6 Å². The zero-order valence-corrected chi connectivity index (χ0v) is 14.4. The molecule has 1 aromatic heterocycles. The van der Waals surface area contributed by atoms with Crippen LogP contribution in [0.5, 0.6) is 0 Å². The summed E-state index contributed by atoms with van der Waals surface area (Å²) in [5, 5.41) is 25.2. The van der Waals surface area contributed by atoms with E-state index in [1.807, 2.05) is 0 Å². The van der Waals surface area contributed by atoms with Gasteiger partial charge < -0.3 is 10.6 Å². The Bertz CT molecular complexity index is 745. The zero-order valence-electron chi connectivity index (χ0n) is 12.8. The number of thioether (sulfide) groups is 1. The van der Waals surface area contributed by atoms with Crippen molar-refractivity contribution >= 4 is 45.5 Å². The zero-order chi connectivity index (χ0) is 17.1. The van der Waals surface area contributed by atoms with E-state index in [0.717, 1.165) is 22.3 Å². The molecule has 3 rings (SSSR count). The molecule has 24 heavy (non-hydrogen) atoms. The summed E-state index contributed by atoms with van der Waals surface area (Å²) in [6, 6.07) is 6.24. The van der Waals surface area contributed by atoms with Crippen molar-refractivity contribution in [2.24, 2.45) is 0 Å². The minimum absolute atomic E-state index is 0.0139. The Balaban J connectivity index is 1.53. The Morgan fingerprint density at radius 2 is 2.08 bits per heavy atom. The first-order chi connectivity index (χ1) is 11.5. The predicted octanol–water partition coefficient (Wildman–Crippen LogP) is 3.14. The molecule has 0 spiro atoms. The van der Waals surface area contributed by atoms with Gasteiger partial charge in [0.25, 0.3) is 5.69 Å². The van der Waals surface area contributed by atoms with Crippen LogP contribution in [0.2, 0.25) is 0 Å². The summed E-state index contributed by atoms with van der Waals surface area (Å²) in [7, 11) is 0. The average molecular weight is 365 g/mol. The second-order valence-electron chi connectivity index (χ2n) is 5.35. The molecule has 1 aliphatic rings. The molecule has 2 aromatic rings.